The van der Waals surface area contributed by atoms with Gasteiger partial charge in [0.2, 0.25) is 0 Å². The van der Waals surface area contributed by atoms with Gasteiger partial charge >= 0.3 is 11.9 Å². The molecule has 0 heterocycles. The lowest BCUT2D eigenvalue weighted by atomic mass is 9.96. The number of carbonyl (C=O) groups excluding carboxylic acids is 2. The third-order valence-electron chi connectivity index (χ3n) is 6.06. The third kappa shape index (κ3) is 6.21. The van der Waals surface area contributed by atoms with Gasteiger partial charge in [0, 0.05) is 6.61 Å². The van der Waals surface area contributed by atoms with E-state index < -0.39 is 26.2 Å². The zero-order chi connectivity index (χ0) is 24.5. The zero-order valence-corrected chi connectivity index (χ0v) is 21.4. The van der Waals surface area contributed by atoms with Crippen molar-refractivity contribution in [2.45, 2.75) is 38.7 Å². The third-order valence-corrected chi connectivity index (χ3v) is 11.1. The molecule has 1 atom stereocenters. The Hall–Kier alpha value is -2.70. The molecule has 5 nitrogen and oxygen atoms in total. The maximum atomic E-state index is 12.1. The van der Waals surface area contributed by atoms with E-state index in [9.17, 15) is 9.59 Å². The highest BCUT2D eigenvalue weighted by molar-refractivity contribution is 6.99. The summed E-state index contributed by atoms with van der Waals surface area (Å²) < 4.78 is 16.5. The monoisotopic (exact) mass is 468 g/mol. The summed E-state index contributed by atoms with van der Waals surface area (Å²) >= 11 is 0. The van der Waals surface area contributed by atoms with E-state index in [0.717, 1.165) is 0 Å². The molecule has 2 rings (SSSR count). The topological polar surface area (TPSA) is 61.8 Å². The van der Waals surface area contributed by atoms with Crippen molar-refractivity contribution in [1.29, 1.82) is 0 Å². The average molecular weight is 469 g/mol. The Morgan fingerprint density at radius 3 is 1.70 bits per heavy atom. The normalized spacial score (nSPS) is 12.8. The highest BCUT2D eigenvalue weighted by atomic mass is 28.4. The minimum absolute atomic E-state index is 0.0385. The molecule has 0 aliphatic rings. The van der Waals surface area contributed by atoms with Crippen molar-refractivity contribution in [3.05, 3.63) is 73.3 Å². The lowest BCUT2D eigenvalue weighted by Gasteiger charge is -2.43. The van der Waals surface area contributed by atoms with E-state index in [1.807, 2.05) is 18.2 Å². The van der Waals surface area contributed by atoms with Gasteiger partial charge < -0.3 is 13.9 Å². The van der Waals surface area contributed by atoms with Gasteiger partial charge in [-0.15, -0.1) is 6.58 Å². The van der Waals surface area contributed by atoms with Gasteiger partial charge in [0.05, 0.1) is 14.2 Å². The molecule has 0 saturated heterocycles. The summed E-state index contributed by atoms with van der Waals surface area (Å²) in [6, 6.07) is 20.8. The summed E-state index contributed by atoms with van der Waals surface area (Å²) in [5.41, 5.74) is 0. The molecule has 0 saturated carbocycles. The van der Waals surface area contributed by atoms with Crippen molar-refractivity contribution >= 4 is 30.6 Å². The van der Waals surface area contributed by atoms with Gasteiger partial charge in [0.15, 0.2) is 5.92 Å². The Bertz CT molecular complexity index is 850. The number of benzene rings is 2. The van der Waals surface area contributed by atoms with Crippen LogP contribution in [-0.2, 0) is 23.5 Å². The van der Waals surface area contributed by atoms with Gasteiger partial charge in [0.1, 0.15) is 0 Å². The maximum Gasteiger partial charge on any atom is 0.320 e. The molecular weight excluding hydrogens is 432 g/mol. The van der Waals surface area contributed by atoms with Crippen LogP contribution in [0, 0.1) is 11.8 Å². The Kier molecular flexibility index (Phi) is 9.62. The first-order valence-electron chi connectivity index (χ1n) is 11.2. The fourth-order valence-electron chi connectivity index (χ4n) is 4.26. The van der Waals surface area contributed by atoms with E-state index in [1.54, 1.807) is 0 Å². The van der Waals surface area contributed by atoms with Crippen LogP contribution in [0.3, 0.4) is 0 Å². The van der Waals surface area contributed by atoms with Gasteiger partial charge in [-0.05, 0) is 34.2 Å². The first-order valence-corrected chi connectivity index (χ1v) is 13.1. The molecule has 0 amide bonds. The van der Waals surface area contributed by atoms with E-state index >= 15 is 0 Å². The quantitative estimate of drug-likeness (QED) is 0.215. The minimum atomic E-state index is -2.67. The number of rotatable bonds is 11. The number of carbonyl (C=O) groups is 2. The molecule has 2 aromatic carbocycles. The van der Waals surface area contributed by atoms with Crippen LogP contribution < -0.4 is 10.4 Å². The average Bonchev–Trinajstić information content (AvgIpc) is 2.83. The van der Waals surface area contributed by atoms with Crippen LogP contribution >= 0.6 is 0 Å². The van der Waals surface area contributed by atoms with Crippen molar-refractivity contribution < 1.29 is 23.5 Å². The van der Waals surface area contributed by atoms with Crippen LogP contribution in [-0.4, -0.2) is 41.1 Å². The number of hydrogen-bond acceptors (Lipinski definition) is 5. The van der Waals surface area contributed by atoms with Gasteiger partial charge in [-0.1, -0.05) is 87.5 Å². The summed E-state index contributed by atoms with van der Waals surface area (Å²) in [7, 11) is -0.127. The fraction of sp³-hybridized carbons (Fsp3) is 0.407. The second-order valence-corrected chi connectivity index (χ2v) is 13.5. The lowest BCUT2D eigenvalue weighted by Crippen LogP contribution is -2.66. The van der Waals surface area contributed by atoms with Crippen molar-refractivity contribution in [3.63, 3.8) is 0 Å². The molecule has 1 unspecified atom stereocenters. The minimum Gasteiger partial charge on any atom is -0.468 e. The summed E-state index contributed by atoms with van der Waals surface area (Å²) in [5.74, 6) is -2.16. The summed E-state index contributed by atoms with van der Waals surface area (Å²) in [5, 5.41) is 2.27. The van der Waals surface area contributed by atoms with Crippen molar-refractivity contribution in [1.82, 2.24) is 0 Å². The van der Waals surface area contributed by atoms with Crippen LogP contribution in [0.1, 0.15) is 33.6 Å². The molecule has 178 valence electrons. The molecular formula is C27H36O5Si. The van der Waals surface area contributed by atoms with E-state index in [2.05, 4.69) is 75.9 Å². The Morgan fingerprint density at radius 2 is 1.33 bits per heavy atom. The van der Waals surface area contributed by atoms with Crippen molar-refractivity contribution in [2.24, 2.45) is 11.8 Å². The standard InChI is InChI=1S/C27H36O5Si/c1-7-21(18-19-24(25(28)30-5)26(29)31-6)20-32-33(27(2,3)4,22-14-10-8-11-15-22)23-16-12-9-13-17-23/h7-17,21,24H,1,18-20H2,2-6H3. The SMILES string of the molecule is C=CC(CCC(C(=O)OC)C(=O)OC)CO[Si](c1ccccc1)(c1ccccc1)C(C)(C)C. The molecule has 0 radical (unpaired) electrons. The zero-order valence-electron chi connectivity index (χ0n) is 20.4. The molecule has 6 heteroatoms. The highest BCUT2D eigenvalue weighted by Crippen LogP contribution is 2.37. The molecule has 0 fully saturated rings. The summed E-state index contributed by atoms with van der Waals surface area (Å²) in [6.45, 7) is 11.1. The maximum absolute atomic E-state index is 12.1. The van der Waals surface area contributed by atoms with Crippen LogP contribution in [0.15, 0.2) is 73.3 Å². The van der Waals surface area contributed by atoms with Gasteiger partial charge in [-0.2, -0.15) is 0 Å². The smallest absolute Gasteiger partial charge is 0.320 e. The molecule has 2 aromatic rings. The summed E-state index contributed by atoms with van der Waals surface area (Å²) in [6.07, 6.45) is 2.69. The van der Waals surface area contributed by atoms with Gasteiger partial charge in [-0.25, -0.2) is 0 Å². The molecule has 0 spiro atoms. The highest BCUT2D eigenvalue weighted by Gasteiger charge is 2.50. The Labute approximate surface area is 198 Å². The Morgan fingerprint density at radius 1 is 0.879 bits per heavy atom. The predicted octanol–water partition coefficient (Wildman–Crippen LogP) is 4.11. The number of methoxy groups -OCH3 is 2. The first kappa shape index (κ1) is 26.5. The van der Waals surface area contributed by atoms with Crippen LogP contribution in [0.2, 0.25) is 5.04 Å². The molecule has 0 aliphatic carbocycles. The molecule has 0 aromatic heterocycles. The van der Waals surface area contributed by atoms with Crippen LogP contribution in [0.25, 0.3) is 0 Å². The molecule has 0 aliphatic heterocycles. The summed E-state index contributed by atoms with van der Waals surface area (Å²) in [4.78, 5) is 24.1. The first-order chi connectivity index (χ1) is 15.7. The van der Waals surface area contributed by atoms with E-state index in [1.165, 1.54) is 24.6 Å². The number of esters is 2. The Balaban J connectivity index is 2.34. The second kappa shape index (κ2) is 12.0. The van der Waals surface area contributed by atoms with Crippen LogP contribution in [0.5, 0.6) is 0 Å². The van der Waals surface area contributed by atoms with Gasteiger partial charge in [-0.3, -0.25) is 9.59 Å². The molecule has 0 bridgehead atoms. The number of hydrogen-bond donors (Lipinski definition) is 0. The predicted molar refractivity (Wildman–Crippen MR) is 134 cm³/mol. The van der Waals surface area contributed by atoms with Crippen molar-refractivity contribution in [2.75, 3.05) is 20.8 Å². The van der Waals surface area contributed by atoms with E-state index in [4.69, 9.17) is 13.9 Å². The molecule has 33 heavy (non-hydrogen) atoms. The lowest BCUT2D eigenvalue weighted by molar-refractivity contribution is -0.159. The molecule has 0 N–H and O–H groups in total. The van der Waals surface area contributed by atoms with E-state index in [0.29, 0.717) is 19.4 Å². The van der Waals surface area contributed by atoms with Crippen LogP contribution in [0.4, 0.5) is 0 Å². The number of ether oxygens (including phenoxy) is 2. The second-order valence-electron chi connectivity index (χ2n) is 9.15. The van der Waals surface area contributed by atoms with Gasteiger partial charge in [0.25, 0.3) is 8.32 Å². The van der Waals surface area contributed by atoms with Crippen molar-refractivity contribution in [3.8, 4) is 0 Å². The largest absolute Gasteiger partial charge is 0.468 e. The fourth-order valence-corrected chi connectivity index (χ4v) is 8.88. The van der Waals surface area contributed by atoms with E-state index in [-0.39, 0.29) is 11.0 Å².